The largest absolute Gasteiger partial charge is 0.486 e. The van der Waals surface area contributed by atoms with Crippen LogP contribution in [0.25, 0.3) is 0 Å². The molecule has 2 aromatic rings. The van der Waals surface area contributed by atoms with E-state index in [0.29, 0.717) is 35.6 Å². The summed E-state index contributed by atoms with van der Waals surface area (Å²) in [6.07, 6.45) is 0. The Labute approximate surface area is 143 Å². The Kier molecular flexibility index (Phi) is 4.89. The molecule has 1 aliphatic rings. The quantitative estimate of drug-likeness (QED) is 0.827. The molecule has 3 rings (SSSR count). The number of nitrogens with zero attached hydrogens (tertiary/aromatic N) is 4. The zero-order valence-electron chi connectivity index (χ0n) is 13.7. The molecule has 24 heavy (non-hydrogen) atoms. The molecular formula is C15H19N5O3S. The number of tetrazole rings is 1. The predicted molar refractivity (Wildman–Crippen MR) is 89.6 cm³/mol. The summed E-state index contributed by atoms with van der Waals surface area (Å²) in [5.74, 6) is 1.20. The molecule has 8 nitrogen and oxygen atoms in total. The van der Waals surface area contributed by atoms with Gasteiger partial charge in [-0.2, -0.15) is 0 Å². The first-order chi connectivity index (χ1) is 11.5. The lowest BCUT2D eigenvalue weighted by molar-refractivity contribution is -0.115. The van der Waals surface area contributed by atoms with Crippen LogP contribution in [0.4, 0.5) is 5.69 Å². The van der Waals surface area contributed by atoms with Crippen molar-refractivity contribution in [3.8, 4) is 11.5 Å². The van der Waals surface area contributed by atoms with Gasteiger partial charge < -0.3 is 14.8 Å². The van der Waals surface area contributed by atoms with Crippen LogP contribution in [0.15, 0.2) is 23.4 Å². The van der Waals surface area contributed by atoms with Crippen molar-refractivity contribution in [3.05, 3.63) is 18.2 Å². The van der Waals surface area contributed by atoms with Crippen molar-refractivity contribution in [1.29, 1.82) is 0 Å². The maximum atomic E-state index is 12.4. The van der Waals surface area contributed by atoms with Crippen molar-refractivity contribution < 1.29 is 14.3 Å². The van der Waals surface area contributed by atoms with Crippen LogP contribution in [0.2, 0.25) is 0 Å². The van der Waals surface area contributed by atoms with E-state index in [0.717, 1.165) is 0 Å². The maximum absolute atomic E-state index is 12.4. The zero-order valence-corrected chi connectivity index (χ0v) is 14.5. The monoisotopic (exact) mass is 349 g/mol. The number of hydrogen-bond donors (Lipinski definition) is 1. The Morgan fingerprint density at radius 3 is 2.75 bits per heavy atom. The van der Waals surface area contributed by atoms with E-state index in [1.165, 1.54) is 11.8 Å². The van der Waals surface area contributed by atoms with Crippen LogP contribution in [-0.2, 0) is 4.79 Å². The Morgan fingerprint density at radius 2 is 2.00 bits per heavy atom. The molecule has 0 radical (unpaired) electrons. The van der Waals surface area contributed by atoms with Crippen molar-refractivity contribution >= 4 is 23.4 Å². The molecule has 0 fully saturated rings. The van der Waals surface area contributed by atoms with E-state index in [-0.39, 0.29) is 17.2 Å². The van der Waals surface area contributed by atoms with Crippen LogP contribution in [-0.4, -0.2) is 44.6 Å². The Balaban J connectivity index is 1.65. The van der Waals surface area contributed by atoms with E-state index in [4.69, 9.17) is 9.47 Å². The number of nitrogens with one attached hydrogen (secondary N) is 1. The molecule has 0 unspecified atom stereocenters. The Bertz CT molecular complexity index is 734. The second-order valence-corrected chi connectivity index (χ2v) is 6.92. The predicted octanol–water partition coefficient (Wildman–Crippen LogP) is 2.14. The SMILES string of the molecule is CC(C)n1nnnc1S[C@H](C)C(=O)Nc1ccc2c(c1)OCCO2. The van der Waals surface area contributed by atoms with Gasteiger partial charge in [-0.3, -0.25) is 4.79 Å². The topological polar surface area (TPSA) is 91.2 Å². The van der Waals surface area contributed by atoms with Gasteiger partial charge in [-0.05, 0) is 43.3 Å². The van der Waals surface area contributed by atoms with Crippen LogP contribution in [0.1, 0.15) is 26.8 Å². The van der Waals surface area contributed by atoms with Gasteiger partial charge in [-0.25, -0.2) is 4.68 Å². The molecule has 0 aliphatic carbocycles. The third-order valence-corrected chi connectivity index (χ3v) is 4.46. The molecule has 2 heterocycles. The average molecular weight is 349 g/mol. The van der Waals surface area contributed by atoms with Gasteiger partial charge in [0.2, 0.25) is 11.1 Å². The molecule has 1 amide bonds. The summed E-state index contributed by atoms with van der Waals surface area (Å²) in [4.78, 5) is 12.4. The van der Waals surface area contributed by atoms with Crippen LogP contribution in [0, 0.1) is 0 Å². The Hall–Kier alpha value is -2.29. The van der Waals surface area contributed by atoms with Crippen molar-refractivity contribution in [2.75, 3.05) is 18.5 Å². The smallest absolute Gasteiger partial charge is 0.237 e. The first-order valence-electron chi connectivity index (χ1n) is 7.69. The number of anilines is 1. The first-order valence-corrected chi connectivity index (χ1v) is 8.57. The van der Waals surface area contributed by atoms with Gasteiger partial charge in [0.05, 0.1) is 11.3 Å². The lowest BCUT2D eigenvalue weighted by atomic mass is 10.2. The molecule has 1 aromatic carbocycles. The second kappa shape index (κ2) is 7.08. The highest BCUT2D eigenvalue weighted by Crippen LogP contribution is 2.33. The number of fused-ring (bicyclic) bond motifs is 1. The minimum Gasteiger partial charge on any atom is -0.486 e. The summed E-state index contributed by atoms with van der Waals surface area (Å²) in [5.41, 5.74) is 0.667. The highest BCUT2D eigenvalue weighted by atomic mass is 32.2. The molecule has 9 heteroatoms. The lowest BCUT2D eigenvalue weighted by Crippen LogP contribution is -2.23. The van der Waals surface area contributed by atoms with E-state index in [2.05, 4.69) is 20.8 Å². The van der Waals surface area contributed by atoms with Gasteiger partial charge in [0.25, 0.3) is 0 Å². The number of hydrogen-bond acceptors (Lipinski definition) is 7. The van der Waals surface area contributed by atoms with Gasteiger partial charge in [0.15, 0.2) is 11.5 Å². The third-order valence-electron chi connectivity index (χ3n) is 3.41. The van der Waals surface area contributed by atoms with Gasteiger partial charge >= 0.3 is 0 Å². The number of benzene rings is 1. The molecule has 1 aliphatic heterocycles. The normalized spacial score (nSPS) is 14.5. The summed E-state index contributed by atoms with van der Waals surface area (Å²) < 4.78 is 12.7. The zero-order chi connectivity index (χ0) is 17.1. The first kappa shape index (κ1) is 16.6. The third kappa shape index (κ3) is 3.61. The van der Waals surface area contributed by atoms with Crippen molar-refractivity contribution in [2.24, 2.45) is 0 Å². The number of carbonyl (C=O) groups excluding carboxylic acids is 1. The highest BCUT2D eigenvalue weighted by Gasteiger charge is 2.20. The van der Waals surface area contributed by atoms with E-state index in [1.54, 1.807) is 22.9 Å². The summed E-state index contributed by atoms with van der Waals surface area (Å²) >= 11 is 1.32. The molecule has 1 aromatic heterocycles. The highest BCUT2D eigenvalue weighted by molar-refractivity contribution is 8.00. The number of thioether (sulfide) groups is 1. The fourth-order valence-corrected chi connectivity index (χ4v) is 3.08. The fourth-order valence-electron chi connectivity index (χ4n) is 2.16. The van der Waals surface area contributed by atoms with E-state index >= 15 is 0 Å². The number of aromatic nitrogens is 4. The second-order valence-electron chi connectivity index (χ2n) is 5.61. The van der Waals surface area contributed by atoms with Crippen LogP contribution >= 0.6 is 11.8 Å². The minimum absolute atomic E-state index is 0.130. The number of carbonyl (C=O) groups is 1. The van der Waals surface area contributed by atoms with E-state index in [1.807, 2.05) is 20.8 Å². The Morgan fingerprint density at radius 1 is 1.25 bits per heavy atom. The average Bonchev–Trinajstić information content (AvgIpc) is 3.03. The molecular weight excluding hydrogens is 330 g/mol. The van der Waals surface area contributed by atoms with Crippen molar-refractivity contribution in [3.63, 3.8) is 0 Å². The summed E-state index contributed by atoms with van der Waals surface area (Å²) in [5, 5.41) is 14.7. The molecule has 0 saturated carbocycles. The van der Waals surface area contributed by atoms with E-state index < -0.39 is 0 Å². The minimum atomic E-state index is -0.346. The van der Waals surface area contributed by atoms with Gasteiger partial charge in [0.1, 0.15) is 13.2 Å². The summed E-state index contributed by atoms with van der Waals surface area (Å²) in [6.45, 7) is 6.84. The number of rotatable bonds is 5. The number of ether oxygens (including phenoxy) is 2. The van der Waals surface area contributed by atoms with Crippen molar-refractivity contribution in [1.82, 2.24) is 20.2 Å². The summed E-state index contributed by atoms with van der Waals surface area (Å²) in [7, 11) is 0. The molecule has 0 saturated heterocycles. The van der Waals surface area contributed by atoms with Gasteiger partial charge in [-0.1, -0.05) is 11.8 Å². The van der Waals surface area contributed by atoms with Gasteiger partial charge in [0, 0.05) is 11.8 Å². The number of amides is 1. The standard InChI is InChI=1S/C15H19N5O3S/c1-9(2)20-15(17-18-19-20)24-10(3)14(21)16-11-4-5-12-13(8-11)23-7-6-22-12/h4-5,8-10H,6-7H2,1-3H3,(H,16,21)/t10-/m1/s1. The van der Waals surface area contributed by atoms with Gasteiger partial charge in [-0.15, -0.1) is 5.10 Å². The molecule has 0 spiro atoms. The molecule has 0 bridgehead atoms. The van der Waals surface area contributed by atoms with Crippen molar-refractivity contribution in [2.45, 2.75) is 37.2 Å². The fraction of sp³-hybridized carbons (Fsp3) is 0.467. The van der Waals surface area contributed by atoms with Crippen LogP contribution in [0.5, 0.6) is 11.5 Å². The maximum Gasteiger partial charge on any atom is 0.237 e. The lowest BCUT2D eigenvalue weighted by Gasteiger charge is -2.19. The molecule has 128 valence electrons. The van der Waals surface area contributed by atoms with Crippen LogP contribution < -0.4 is 14.8 Å². The summed E-state index contributed by atoms with van der Waals surface area (Å²) in [6, 6.07) is 5.49. The van der Waals surface area contributed by atoms with Crippen LogP contribution in [0.3, 0.4) is 0 Å². The van der Waals surface area contributed by atoms with E-state index in [9.17, 15) is 4.79 Å². The molecule has 1 N–H and O–H groups in total. The molecule has 1 atom stereocenters.